The fraction of sp³-hybridized carbons (Fsp3) is 0.231. The number of hydrogen-bond acceptors (Lipinski definition) is 7. The van der Waals surface area contributed by atoms with Gasteiger partial charge in [0.05, 0.1) is 23.6 Å². The van der Waals surface area contributed by atoms with Gasteiger partial charge in [-0.3, -0.25) is 9.59 Å². The minimum Gasteiger partial charge on any atom is -0.494 e. The molecule has 0 saturated carbocycles. The predicted octanol–water partition coefficient (Wildman–Crippen LogP) is 4.10. The lowest BCUT2D eigenvalue weighted by Gasteiger charge is -2.27. The van der Waals surface area contributed by atoms with Crippen LogP contribution in [-0.2, 0) is 26.2 Å². The molecule has 2 aliphatic heterocycles. The number of benzene rings is 3. The number of ether oxygens (including phenoxy) is 3. The first-order valence-electron chi connectivity index (χ1n) is 11.5. The van der Waals surface area contributed by atoms with Crippen LogP contribution in [0.15, 0.2) is 76.1 Å². The molecule has 9 nitrogen and oxygen atoms in total. The quantitative estimate of drug-likeness (QED) is 0.366. The summed E-state index contributed by atoms with van der Waals surface area (Å²) in [6, 6.07) is 16.5. The fourth-order valence-corrected chi connectivity index (χ4v) is 6.13. The molecule has 11 heteroatoms. The van der Waals surface area contributed by atoms with E-state index in [0.29, 0.717) is 39.6 Å². The lowest BCUT2D eigenvalue weighted by molar-refractivity contribution is -0.122. The van der Waals surface area contributed by atoms with Crippen LogP contribution in [0, 0.1) is 0 Å². The first-order valence-corrected chi connectivity index (χ1v) is 13.8. The number of anilines is 1. The molecule has 192 valence electrons. The maximum absolute atomic E-state index is 13.8. The Hall–Kier alpha value is -3.41. The number of hydrogen-bond donors (Lipinski definition) is 0. The van der Waals surface area contributed by atoms with E-state index in [4.69, 9.17) is 14.2 Å². The Morgan fingerprint density at radius 2 is 1.70 bits per heavy atom. The minimum atomic E-state index is -4.17. The molecule has 1 atom stereocenters. The molecule has 0 aromatic heterocycles. The fourth-order valence-electron chi connectivity index (χ4n) is 4.29. The summed E-state index contributed by atoms with van der Waals surface area (Å²) >= 11 is 3.32. The summed E-state index contributed by atoms with van der Waals surface area (Å²) in [5.74, 6) is 0.545. The zero-order chi connectivity index (χ0) is 26.2. The third kappa shape index (κ3) is 4.94. The SMILES string of the molecule is CCOc1ccc(N2C(=O)CC(N(Cc3ccc4c(c3)OCO4)S(=O)(=O)c3ccc(Br)cc3)C2=O)cc1. The number of rotatable bonds is 8. The van der Waals surface area contributed by atoms with Gasteiger partial charge in [-0.1, -0.05) is 22.0 Å². The molecule has 0 bridgehead atoms. The number of carbonyl (C=O) groups excluding carboxylic acids is 2. The molecule has 2 heterocycles. The second-order valence-corrected chi connectivity index (χ2v) is 11.2. The number of nitrogens with zero attached hydrogens (tertiary/aromatic N) is 2. The Morgan fingerprint density at radius 1 is 1.00 bits per heavy atom. The molecular formula is C26H23BrN2O7S. The maximum Gasteiger partial charge on any atom is 0.252 e. The number of imide groups is 1. The van der Waals surface area contributed by atoms with E-state index in [1.54, 1.807) is 54.6 Å². The second-order valence-electron chi connectivity index (χ2n) is 8.41. The molecule has 0 spiro atoms. The van der Waals surface area contributed by atoms with E-state index in [9.17, 15) is 18.0 Å². The van der Waals surface area contributed by atoms with Gasteiger partial charge in [-0.25, -0.2) is 13.3 Å². The Bertz CT molecular complexity index is 1440. The van der Waals surface area contributed by atoms with Crippen molar-refractivity contribution in [1.82, 2.24) is 4.31 Å². The average molecular weight is 587 g/mol. The highest BCUT2D eigenvalue weighted by atomic mass is 79.9. The van der Waals surface area contributed by atoms with Crippen LogP contribution in [0.25, 0.3) is 0 Å². The van der Waals surface area contributed by atoms with E-state index < -0.39 is 27.9 Å². The topological polar surface area (TPSA) is 102 Å². The molecule has 1 unspecified atom stereocenters. The molecule has 3 aromatic carbocycles. The van der Waals surface area contributed by atoms with Crippen LogP contribution in [0.2, 0.25) is 0 Å². The third-order valence-corrected chi connectivity index (χ3v) is 8.47. The maximum atomic E-state index is 13.8. The van der Waals surface area contributed by atoms with Crippen molar-refractivity contribution in [3.63, 3.8) is 0 Å². The van der Waals surface area contributed by atoms with Gasteiger partial charge in [0, 0.05) is 11.0 Å². The molecule has 0 radical (unpaired) electrons. The molecule has 37 heavy (non-hydrogen) atoms. The van der Waals surface area contributed by atoms with Crippen molar-refractivity contribution in [2.24, 2.45) is 0 Å². The van der Waals surface area contributed by atoms with Gasteiger partial charge in [-0.05, 0) is 73.2 Å². The molecule has 1 saturated heterocycles. The standard InChI is InChI=1S/C26H23BrN2O7S/c1-2-34-20-8-6-19(7-9-20)29-25(30)14-22(26(29)31)28(37(32,33)21-10-4-18(27)5-11-21)15-17-3-12-23-24(13-17)36-16-35-23/h3-13,22H,2,14-16H2,1H3. The summed E-state index contributed by atoms with van der Waals surface area (Å²) in [5.41, 5.74) is 0.940. The molecule has 3 aromatic rings. The number of halogens is 1. The smallest absolute Gasteiger partial charge is 0.252 e. The van der Waals surface area contributed by atoms with Crippen LogP contribution in [0.4, 0.5) is 5.69 Å². The summed E-state index contributed by atoms with van der Waals surface area (Å²) in [7, 11) is -4.17. The second kappa shape index (κ2) is 10.2. The van der Waals surface area contributed by atoms with Crippen LogP contribution >= 0.6 is 15.9 Å². The lowest BCUT2D eigenvalue weighted by Crippen LogP contribution is -2.45. The number of amides is 2. The van der Waals surface area contributed by atoms with Crippen LogP contribution in [0.1, 0.15) is 18.9 Å². The predicted molar refractivity (Wildman–Crippen MR) is 138 cm³/mol. The van der Waals surface area contributed by atoms with Gasteiger partial charge >= 0.3 is 0 Å². The number of sulfonamides is 1. The molecule has 0 aliphatic carbocycles. The van der Waals surface area contributed by atoms with Crippen LogP contribution in [-0.4, -0.2) is 44.0 Å². The Balaban J connectivity index is 1.51. The van der Waals surface area contributed by atoms with Gasteiger partial charge in [0.15, 0.2) is 11.5 Å². The van der Waals surface area contributed by atoms with Gasteiger partial charge in [0.25, 0.3) is 5.91 Å². The van der Waals surface area contributed by atoms with Gasteiger partial charge in [0.2, 0.25) is 22.7 Å². The average Bonchev–Trinajstić information content (AvgIpc) is 3.46. The van der Waals surface area contributed by atoms with Crippen LogP contribution < -0.4 is 19.1 Å². The summed E-state index contributed by atoms with van der Waals surface area (Å²) < 4.78 is 45.7. The summed E-state index contributed by atoms with van der Waals surface area (Å²) in [5, 5.41) is 0. The molecule has 0 N–H and O–H groups in total. The minimum absolute atomic E-state index is 0.0104. The van der Waals surface area contributed by atoms with Crippen molar-refractivity contribution in [2.45, 2.75) is 30.8 Å². The number of fused-ring (bicyclic) bond motifs is 1. The Labute approximate surface area is 222 Å². The lowest BCUT2D eigenvalue weighted by atomic mass is 10.1. The van der Waals surface area contributed by atoms with E-state index >= 15 is 0 Å². The van der Waals surface area contributed by atoms with Crippen molar-refractivity contribution < 1.29 is 32.2 Å². The summed E-state index contributed by atoms with van der Waals surface area (Å²) in [6.45, 7) is 2.26. The van der Waals surface area contributed by atoms with Crippen molar-refractivity contribution in [2.75, 3.05) is 18.3 Å². The molecule has 2 aliphatic rings. The Morgan fingerprint density at radius 3 is 2.41 bits per heavy atom. The van der Waals surface area contributed by atoms with E-state index in [2.05, 4.69) is 15.9 Å². The molecule has 5 rings (SSSR count). The van der Waals surface area contributed by atoms with Crippen LogP contribution in [0.5, 0.6) is 17.2 Å². The Kier molecular flexibility index (Phi) is 6.93. The van der Waals surface area contributed by atoms with Crippen molar-refractivity contribution in [3.05, 3.63) is 76.8 Å². The first-order chi connectivity index (χ1) is 17.8. The molecule has 2 amide bonds. The summed E-state index contributed by atoms with van der Waals surface area (Å²) in [6.07, 6.45) is -0.285. The van der Waals surface area contributed by atoms with Gasteiger partial charge in [-0.2, -0.15) is 4.31 Å². The van der Waals surface area contributed by atoms with E-state index in [-0.39, 0.29) is 24.7 Å². The van der Waals surface area contributed by atoms with Crippen molar-refractivity contribution in [1.29, 1.82) is 0 Å². The van der Waals surface area contributed by atoms with Gasteiger partial charge in [-0.15, -0.1) is 0 Å². The third-order valence-electron chi connectivity index (χ3n) is 6.07. The zero-order valence-electron chi connectivity index (χ0n) is 19.8. The van der Waals surface area contributed by atoms with E-state index in [0.717, 1.165) is 9.21 Å². The largest absolute Gasteiger partial charge is 0.494 e. The molecular weight excluding hydrogens is 564 g/mol. The monoisotopic (exact) mass is 586 g/mol. The molecule has 1 fully saturated rings. The number of carbonyl (C=O) groups is 2. The van der Waals surface area contributed by atoms with Crippen LogP contribution in [0.3, 0.4) is 0 Å². The summed E-state index contributed by atoms with van der Waals surface area (Å²) in [4.78, 5) is 27.7. The van der Waals surface area contributed by atoms with Gasteiger partial charge in [0.1, 0.15) is 11.8 Å². The first kappa shape index (κ1) is 25.2. The van der Waals surface area contributed by atoms with Gasteiger partial charge < -0.3 is 14.2 Å². The van der Waals surface area contributed by atoms with Crippen molar-refractivity contribution in [3.8, 4) is 17.2 Å². The highest BCUT2D eigenvalue weighted by Crippen LogP contribution is 2.35. The normalized spacial score (nSPS) is 17.1. The van der Waals surface area contributed by atoms with Crippen molar-refractivity contribution >= 4 is 43.5 Å². The highest BCUT2D eigenvalue weighted by Gasteiger charge is 2.47. The van der Waals surface area contributed by atoms with E-state index in [1.807, 2.05) is 6.92 Å². The highest BCUT2D eigenvalue weighted by molar-refractivity contribution is 9.10. The zero-order valence-corrected chi connectivity index (χ0v) is 22.2. The van der Waals surface area contributed by atoms with E-state index in [1.165, 1.54) is 12.1 Å².